The Balaban J connectivity index is 0.00000400. The van der Waals surface area contributed by atoms with Crippen LogP contribution in [0.3, 0.4) is 0 Å². The molecule has 0 aromatic heterocycles. The van der Waals surface area contributed by atoms with Crippen LogP contribution in [-0.4, -0.2) is 38.3 Å². The molecule has 0 aliphatic heterocycles. The van der Waals surface area contributed by atoms with E-state index in [2.05, 4.69) is 5.32 Å². The summed E-state index contributed by atoms with van der Waals surface area (Å²) in [5.74, 6) is 0.530. The second-order valence-corrected chi connectivity index (χ2v) is 5.26. The molecule has 1 rings (SSSR count). The van der Waals surface area contributed by atoms with Crippen molar-refractivity contribution in [3.8, 4) is 5.75 Å². The first kappa shape index (κ1) is 19.7. The topological polar surface area (TPSA) is 73.6 Å². The van der Waals surface area contributed by atoms with E-state index < -0.39 is 5.54 Å². The molecule has 0 aliphatic carbocycles. The van der Waals surface area contributed by atoms with Crippen LogP contribution in [0.15, 0.2) is 24.3 Å². The van der Waals surface area contributed by atoms with Gasteiger partial charge in [0.05, 0.1) is 6.61 Å². The monoisotopic (exact) mass is 316 g/mol. The molecule has 6 heteroatoms. The van der Waals surface area contributed by atoms with E-state index in [1.165, 1.54) is 0 Å². The van der Waals surface area contributed by atoms with Gasteiger partial charge in [-0.25, -0.2) is 0 Å². The predicted octanol–water partition coefficient (Wildman–Crippen LogP) is 1.99. The summed E-state index contributed by atoms with van der Waals surface area (Å²) in [7, 11) is 1.66. The Morgan fingerprint density at radius 1 is 1.33 bits per heavy atom. The third kappa shape index (κ3) is 7.32. The van der Waals surface area contributed by atoms with E-state index in [0.717, 1.165) is 6.42 Å². The number of carbonyl (C=O) groups excluding carboxylic acids is 1. The van der Waals surface area contributed by atoms with E-state index in [9.17, 15) is 4.79 Å². The average Bonchev–Trinajstić information content (AvgIpc) is 2.43. The van der Waals surface area contributed by atoms with Crippen molar-refractivity contribution in [3.63, 3.8) is 0 Å². The summed E-state index contributed by atoms with van der Waals surface area (Å²) in [6, 6.07) is 7.12. The van der Waals surface area contributed by atoms with Gasteiger partial charge < -0.3 is 20.5 Å². The van der Waals surface area contributed by atoms with Gasteiger partial charge in [0.1, 0.15) is 5.75 Å². The lowest BCUT2D eigenvalue weighted by molar-refractivity contribution is 0.0915. The van der Waals surface area contributed by atoms with Crippen molar-refractivity contribution in [3.05, 3.63) is 29.8 Å². The lowest BCUT2D eigenvalue weighted by Gasteiger charge is -2.24. The van der Waals surface area contributed by atoms with Gasteiger partial charge in [-0.2, -0.15) is 0 Å². The summed E-state index contributed by atoms with van der Waals surface area (Å²) in [5, 5.41) is 2.89. The number of benzene rings is 1. The quantitative estimate of drug-likeness (QED) is 0.719. The van der Waals surface area contributed by atoms with Crippen molar-refractivity contribution in [2.24, 2.45) is 5.73 Å². The van der Waals surface area contributed by atoms with Gasteiger partial charge in [-0.3, -0.25) is 4.79 Å². The maximum Gasteiger partial charge on any atom is 0.251 e. The highest BCUT2D eigenvalue weighted by Crippen LogP contribution is 2.14. The summed E-state index contributed by atoms with van der Waals surface area (Å²) in [6.07, 6.45) is 0.813. The molecule has 3 N–H and O–H groups in total. The fraction of sp³-hybridized carbons (Fsp3) is 0.533. The molecule has 0 unspecified atom stereocenters. The molecule has 0 heterocycles. The van der Waals surface area contributed by atoms with Gasteiger partial charge in [-0.05, 0) is 32.0 Å². The standard InChI is InChI=1S/C15H24N2O3.ClH/c1-15(2,11-16)17-14(18)12-6-4-7-13(10-12)20-9-5-8-19-3;/h4,6-7,10H,5,8-9,11,16H2,1-3H3,(H,17,18);1H. The van der Waals surface area contributed by atoms with Crippen molar-refractivity contribution >= 4 is 18.3 Å². The minimum Gasteiger partial charge on any atom is -0.493 e. The maximum atomic E-state index is 12.1. The first-order valence-electron chi connectivity index (χ1n) is 6.73. The van der Waals surface area contributed by atoms with Gasteiger partial charge in [0.25, 0.3) is 5.91 Å². The molecule has 0 radical (unpaired) electrons. The zero-order valence-corrected chi connectivity index (χ0v) is 13.7. The Morgan fingerprint density at radius 3 is 2.67 bits per heavy atom. The van der Waals surface area contributed by atoms with E-state index in [0.29, 0.717) is 31.1 Å². The third-order valence-corrected chi connectivity index (χ3v) is 2.82. The molecule has 120 valence electrons. The fourth-order valence-corrected chi connectivity index (χ4v) is 1.55. The number of rotatable bonds is 8. The van der Waals surface area contributed by atoms with Crippen molar-refractivity contribution in [1.29, 1.82) is 0 Å². The van der Waals surface area contributed by atoms with Crippen molar-refractivity contribution < 1.29 is 14.3 Å². The number of nitrogens with one attached hydrogen (secondary N) is 1. The van der Waals surface area contributed by atoms with E-state index in [4.69, 9.17) is 15.2 Å². The second kappa shape index (κ2) is 9.60. The summed E-state index contributed by atoms with van der Waals surface area (Å²) >= 11 is 0. The van der Waals surface area contributed by atoms with Crippen LogP contribution in [0.1, 0.15) is 30.6 Å². The Labute approximate surface area is 132 Å². The minimum absolute atomic E-state index is 0. The number of nitrogens with two attached hydrogens (primary N) is 1. The summed E-state index contributed by atoms with van der Waals surface area (Å²) in [5.41, 5.74) is 5.75. The first-order valence-corrected chi connectivity index (χ1v) is 6.73. The van der Waals surface area contributed by atoms with Crippen LogP contribution in [0.5, 0.6) is 5.75 Å². The average molecular weight is 317 g/mol. The van der Waals surface area contributed by atoms with Gasteiger partial charge in [0.15, 0.2) is 0 Å². The Morgan fingerprint density at radius 2 is 2.05 bits per heavy atom. The number of halogens is 1. The third-order valence-electron chi connectivity index (χ3n) is 2.82. The van der Waals surface area contributed by atoms with Crippen molar-refractivity contribution in [2.45, 2.75) is 25.8 Å². The highest BCUT2D eigenvalue weighted by Gasteiger charge is 2.19. The Hall–Kier alpha value is -1.30. The SMILES string of the molecule is COCCCOc1cccc(C(=O)NC(C)(C)CN)c1.Cl. The number of ether oxygens (including phenoxy) is 2. The van der Waals surface area contributed by atoms with Crippen LogP contribution >= 0.6 is 12.4 Å². The second-order valence-electron chi connectivity index (χ2n) is 5.26. The summed E-state index contributed by atoms with van der Waals surface area (Å²) in [4.78, 5) is 12.1. The van der Waals surface area contributed by atoms with Crippen LogP contribution in [-0.2, 0) is 4.74 Å². The van der Waals surface area contributed by atoms with Crippen molar-refractivity contribution in [1.82, 2.24) is 5.32 Å². The van der Waals surface area contributed by atoms with Gasteiger partial charge >= 0.3 is 0 Å². The van der Waals surface area contributed by atoms with Crippen LogP contribution in [0.4, 0.5) is 0 Å². The maximum absolute atomic E-state index is 12.1. The molecule has 0 fully saturated rings. The summed E-state index contributed by atoms with van der Waals surface area (Å²) < 4.78 is 10.5. The Bertz CT molecular complexity index is 439. The zero-order chi connectivity index (χ0) is 15.0. The lowest BCUT2D eigenvalue weighted by atomic mass is 10.1. The van der Waals surface area contributed by atoms with E-state index in [1.807, 2.05) is 19.9 Å². The molecule has 0 aliphatic rings. The highest BCUT2D eigenvalue weighted by atomic mass is 35.5. The number of methoxy groups -OCH3 is 1. The highest BCUT2D eigenvalue weighted by molar-refractivity contribution is 5.95. The largest absolute Gasteiger partial charge is 0.493 e. The molecule has 21 heavy (non-hydrogen) atoms. The van der Waals surface area contributed by atoms with Crippen LogP contribution in [0, 0.1) is 0 Å². The number of amides is 1. The lowest BCUT2D eigenvalue weighted by Crippen LogP contribution is -2.48. The number of carbonyl (C=O) groups is 1. The molecule has 0 saturated carbocycles. The molecule has 0 spiro atoms. The van der Waals surface area contributed by atoms with E-state index in [-0.39, 0.29) is 18.3 Å². The van der Waals surface area contributed by atoms with Crippen molar-refractivity contribution in [2.75, 3.05) is 26.9 Å². The molecule has 0 bridgehead atoms. The molecule has 1 amide bonds. The minimum atomic E-state index is -0.424. The molecular weight excluding hydrogens is 292 g/mol. The fourth-order valence-electron chi connectivity index (χ4n) is 1.55. The molecular formula is C15H25ClN2O3. The molecule has 0 atom stereocenters. The smallest absolute Gasteiger partial charge is 0.251 e. The predicted molar refractivity (Wildman–Crippen MR) is 86.3 cm³/mol. The number of hydrogen-bond acceptors (Lipinski definition) is 4. The Kier molecular flexibility index (Phi) is 9.01. The summed E-state index contributed by atoms with van der Waals surface area (Å²) in [6.45, 7) is 5.37. The molecule has 1 aromatic carbocycles. The van der Waals surface area contributed by atoms with Crippen LogP contribution in [0.2, 0.25) is 0 Å². The van der Waals surface area contributed by atoms with E-state index >= 15 is 0 Å². The van der Waals surface area contributed by atoms with Gasteiger partial charge in [-0.15, -0.1) is 12.4 Å². The normalized spacial score (nSPS) is 10.7. The van der Waals surface area contributed by atoms with Crippen LogP contribution < -0.4 is 15.8 Å². The molecule has 1 aromatic rings. The first-order chi connectivity index (χ1) is 9.48. The van der Waals surface area contributed by atoms with Gasteiger partial charge in [-0.1, -0.05) is 6.07 Å². The van der Waals surface area contributed by atoms with Crippen LogP contribution in [0.25, 0.3) is 0 Å². The molecule has 0 saturated heterocycles. The van der Waals surface area contributed by atoms with Gasteiger partial charge in [0.2, 0.25) is 0 Å². The van der Waals surface area contributed by atoms with Gasteiger partial charge in [0, 0.05) is 37.8 Å². The zero-order valence-electron chi connectivity index (χ0n) is 12.8. The molecule has 5 nitrogen and oxygen atoms in total. The number of hydrogen-bond donors (Lipinski definition) is 2. The van der Waals surface area contributed by atoms with E-state index in [1.54, 1.807) is 25.3 Å².